The zero-order chi connectivity index (χ0) is 11.8. The first kappa shape index (κ1) is 10.2. The SMILES string of the molecule is Cc1cccc2c1ccn2CC1CNC(=O)O1. The Morgan fingerprint density at radius 2 is 2.35 bits per heavy atom. The van der Waals surface area contributed by atoms with E-state index in [2.05, 4.69) is 35.0 Å². The number of aromatic nitrogens is 1. The highest BCUT2D eigenvalue weighted by molar-refractivity contribution is 5.83. The fourth-order valence-corrected chi connectivity index (χ4v) is 2.29. The lowest BCUT2D eigenvalue weighted by Gasteiger charge is -2.10. The molecule has 0 radical (unpaired) electrons. The topological polar surface area (TPSA) is 43.3 Å². The van der Waals surface area contributed by atoms with Gasteiger partial charge in [-0.05, 0) is 24.6 Å². The van der Waals surface area contributed by atoms with Crippen LogP contribution in [-0.2, 0) is 11.3 Å². The number of nitrogens with zero attached hydrogens (tertiary/aromatic N) is 1. The first-order chi connectivity index (χ1) is 8.24. The third-order valence-corrected chi connectivity index (χ3v) is 3.18. The number of carbonyl (C=O) groups excluding carboxylic acids is 1. The summed E-state index contributed by atoms with van der Waals surface area (Å²) < 4.78 is 7.28. The number of aryl methyl sites for hydroxylation is 1. The Morgan fingerprint density at radius 3 is 3.12 bits per heavy atom. The predicted octanol–water partition coefficient (Wildman–Crippen LogP) is 2.06. The second kappa shape index (κ2) is 3.80. The third kappa shape index (κ3) is 1.75. The molecule has 1 aromatic carbocycles. The Kier molecular flexibility index (Phi) is 2.28. The van der Waals surface area contributed by atoms with E-state index in [1.54, 1.807) is 0 Å². The van der Waals surface area contributed by atoms with E-state index in [1.165, 1.54) is 16.5 Å². The molecule has 0 saturated carbocycles. The molecule has 1 saturated heterocycles. The molecule has 3 rings (SSSR count). The molecule has 88 valence electrons. The van der Waals surface area contributed by atoms with Gasteiger partial charge in [0.15, 0.2) is 0 Å². The Balaban J connectivity index is 1.91. The standard InChI is InChI=1S/C13H14N2O2/c1-9-3-2-4-12-11(9)5-6-15(12)8-10-7-14-13(16)17-10/h2-6,10H,7-8H2,1H3,(H,14,16). The molecule has 0 aliphatic carbocycles. The van der Waals surface area contributed by atoms with E-state index in [0.29, 0.717) is 13.1 Å². The molecular weight excluding hydrogens is 216 g/mol. The van der Waals surface area contributed by atoms with Crippen LogP contribution in [0.3, 0.4) is 0 Å². The number of alkyl carbamates (subject to hydrolysis) is 1. The van der Waals surface area contributed by atoms with Crippen molar-refractivity contribution in [2.75, 3.05) is 6.54 Å². The molecule has 1 aromatic heterocycles. The van der Waals surface area contributed by atoms with Gasteiger partial charge in [0.25, 0.3) is 0 Å². The van der Waals surface area contributed by atoms with E-state index >= 15 is 0 Å². The van der Waals surface area contributed by atoms with Crippen molar-refractivity contribution < 1.29 is 9.53 Å². The maximum absolute atomic E-state index is 11.0. The van der Waals surface area contributed by atoms with Gasteiger partial charge in [-0.2, -0.15) is 0 Å². The summed E-state index contributed by atoms with van der Waals surface area (Å²) in [5.74, 6) is 0. The average molecular weight is 230 g/mol. The summed E-state index contributed by atoms with van der Waals surface area (Å²) in [5.41, 5.74) is 2.45. The van der Waals surface area contributed by atoms with Gasteiger partial charge in [-0.15, -0.1) is 0 Å². The molecule has 0 bridgehead atoms. The molecule has 1 unspecified atom stereocenters. The van der Waals surface area contributed by atoms with Crippen LogP contribution in [0.15, 0.2) is 30.5 Å². The molecule has 1 aliphatic heterocycles. The minimum atomic E-state index is -0.317. The first-order valence-corrected chi connectivity index (χ1v) is 5.73. The Hall–Kier alpha value is -1.97. The second-order valence-electron chi connectivity index (χ2n) is 4.38. The van der Waals surface area contributed by atoms with E-state index in [1.807, 2.05) is 12.3 Å². The Morgan fingerprint density at radius 1 is 1.47 bits per heavy atom. The smallest absolute Gasteiger partial charge is 0.407 e. The van der Waals surface area contributed by atoms with Crippen molar-refractivity contribution in [2.24, 2.45) is 0 Å². The van der Waals surface area contributed by atoms with E-state index < -0.39 is 0 Å². The number of ether oxygens (including phenoxy) is 1. The number of fused-ring (bicyclic) bond motifs is 1. The van der Waals surface area contributed by atoms with Gasteiger partial charge in [-0.3, -0.25) is 0 Å². The molecule has 0 spiro atoms. The van der Waals surface area contributed by atoms with Gasteiger partial charge in [-0.25, -0.2) is 4.79 Å². The first-order valence-electron chi connectivity index (χ1n) is 5.73. The van der Waals surface area contributed by atoms with Crippen molar-refractivity contribution >= 4 is 17.0 Å². The molecule has 1 atom stereocenters. The monoisotopic (exact) mass is 230 g/mol. The van der Waals surface area contributed by atoms with Crippen LogP contribution in [0.5, 0.6) is 0 Å². The van der Waals surface area contributed by atoms with E-state index in [4.69, 9.17) is 4.74 Å². The van der Waals surface area contributed by atoms with Crippen molar-refractivity contribution in [3.05, 3.63) is 36.0 Å². The fourth-order valence-electron chi connectivity index (χ4n) is 2.29. The summed E-state index contributed by atoms with van der Waals surface area (Å²) in [6.45, 7) is 3.39. The number of carbonyl (C=O) groups is 1. The average Bonchev–Trinajstić information content (AvgIpc) is 2.88. The normalized spacial score (nSPS) is 19.4. The van der Waals surface area contributed by atoms with Gasteiger partial charge >= 0.3 is 6.09 Å². The largest absolute Gasteiger partial charge is 0.442 e. The van der Waals surface area contributed by atoms with Crippen molar-refractivity contribution in [1.82, 2.24) is 9.88 Å². The third-order valence-electron chi connectivity index (χ3n) is 3.18. The van der Waals surface area contributed by atoms with Gasteiger partial charge in [0.2, 0.25) is 0 Å². The maximum Gasteiger partial charge on any atom is 0.407 e. The molecule has 1 fully saturated rings. The van der Waals surface area contributed by atoms with Crippen molar-refractivity contribution in [3.8, 4) is 0 Å². The highest BCUT2D eigenvalue weighted by Crippen LogP contribution is 2.20. The number of nitrogens with one attached hydrogen (secondary N) is 1. The number of cyclic esters (lactones) is 1. The van der Waals surface area contributed by atoms with E-state index in [-0.39, 0.29) is 12.2 Å². The molecular formula is C13H14N2O2. The molecule has 2 heterocycles. The number of rotatable bonds is 2. The summed E-state index contributed by atoms with van der Waals surface area (Å²) in [5, 5.41) is 3.92. The molecule has 4 nitrogen and oxygen atoms in total. The molecule has 4 heteroatoms. The van der Waals surface area contributed by atoms with Crippen LogP contribution in [0, 0.1) is 6.92 Å². The van der Waals surface area contributed by atoms with Crippen LogP contribution >= 0.6 is 0 Å². The predicted molar refractivity (Wildman–Crippen MR) is 64.9 cm³/mol. The van der Waals surface area contributed by atoms with Gasteiger partial charge < -0.3 is 14.6 Å². The summed E-state index contributed by atoms with van der Waals surface area (Å²) >= 11 is 0. The van der Waals surface area contributed by atoms with Crippen LogP contribution in [0.4, 0.5) is 4.79 Å². The highest BCUT2D eigenvalue weighted by Gasteiger charge is 2.22. The minimum absolute atomic E-state index is 0.0707. The highest BCUT2D eigenvalue weighted by atomic mass is 16.6. The van der Waals surface area contributed by atoms with Crippen LogP contribution < -0.4 is 5.32 Å². The van der Waals surface area contributed by atoms with Crippen LogP contribution in [0.2, 0.25) is 0 Å². The summed E-state index contributed by atoms with van der Waals surface area (Å²) in [6, 6.07) is 8.35. The summed E-state index contributed by atoms with van der Waals surface area (Å²) in [6.07, 6.45) is 1.66. The van der Waals surface area contributed by atoms with Crippen molar-refractivity contribution in [1.29, 1.82) is 0 Å². The Labute approximate surface area is 99.2 Å². The lowest BCUT2D eigenvalue weighted by molar-refractivity contribution is 0.131. The molecule has 1 amide bonds. The van der Waals surface area contributed by atoms with E-state index in [9.17, 15) is 4.79 Å². The lowest BCUT2D eigenvalue weighted by Crippen LogP contribution is -2.20. The number of hydrogen-bond acceptors (Lipinski definition) is 2. The number of amides is 1. The van der Waals surface area contributed by atoms with E-state index in [0.717, 1.165) is 0 Å². The van der Waals surface area contributed by atoms with Crippen LogP contribution in [0.1, 0.15) is 5.56 Å². The summed E-state index contributed by atoms with van der Waals surface area (Å²) in [4.78, 5) is 11.0. The van der Waals surface area contributed by atoms with Gasteiger partial charge in [0, 0.05) is 17.1 Å². The number of benzene rings is 1. The zero-order valence-electron chi connectivity index (χ0n) is 9.64. The molecule has 1 aliphatic rings. The second-order valence-corrected chi connectivity index (χ2v) is 4.38. The van der Waals surface area contributed by atoms with Crippen molar-refractivity contribution in [3.63, 3.8) is 0 Å². The van der Waals surface area contributed by atoms with Gasteiger partial charge in [0.05, 0.1) is 13.1 Å². The number of hydrogen-bond donors (Lipinski definition) is 1. The van der Waals surface area contributed by atoms with Crippen molar-refractivity contribution in [2.45, 2.75) is 19.6 Å². The van der Waals surface area contributed by atoms with Gasteiger partial charge in [-0.1, -0.05) is 12.1 Å². The van der Waals surface area contributed by atoms with Crippen LogP contribution in [-0.4, -0.2) is 23.3 Å². The summed E-state index contributed by atoms with van der Waals surface area (Å²) in [7, 11) is 0. The van der Waals surface area contributed by atoms with Crippen LogP contribution in [0.25, 0.3) is 10.9 Å². The fraction of sp³-hybridized carbons (Fsp3) is 0.308. The van der Waals surface area contributed by atoms with Gasteiger partial charge in [0.1, 0.15) is 6.10 Å². The zero-order valence-corrected chi connectivity index (χ0v) is 9.64. The maximum atomic E-state index is 11.0. The molecule has 17 heavy (non-hydrogen) atoms. The molecule has 2 aromatic rings. The molecule has 1 N–H and O–H groups in total. The quantitative estimate of drug-likeness (QED) is 0.858. The lowest BCUT2D eigenvalue weighted by atomic mass is 10.1. The minimum Gasteiger partial charge on any atom is -0.442 e. The Bertz CT molecular complexity index is 574.